The van der Waals surface area contributed by atoms with E-state index in [0.29, 0.717) is 12.0 Å². The lowest BCUT2D eigenvalue weighted by molar-refractivity contribution is 0.160. The first-order valence-corrected chi connectivity index (χ1v) is 8.73. The van der Waals surface area contributed by atoms with Gasteiger partial charge in [-0.25, -0.2) is 0 Å². The van der Waals surface area contributed by atoms with Crippen molar-refractivity contribution in [1.29, 1.82) is 0 Å². The summed E-state index contributed by atoms with van der Waals surface area (Å²) in [7, 11) is 0. The lowest BCUT2D eigenvalue weighted by Gasteiger charge is -2.41. The van der Waals surface area contributed by atoms with Crippen LogP contribution in [0, 0.1) is 0 Å². The summed E-state index contributed by atoms with van der Waals surface area (Å²) < 4.78 is 0. The molecule has 0 spiro atoms. The predicted molar refractivity (Wildman–Crippen MR) is 99.9 cm³/mol. The number of rotatable bonds is 3. The molecule has 3 aromatic carbocycles. The van der Waals surface area contributed by atoms with Gasteiger partial charge in [0.05, 0.1) is 0 Å². The predicted octanol–water partition coefficient (Wildman–Crippen LogP) is 5.22. The molecule has 0 saturated carbocycles. The second-order valence-electron chi connectivity index (χ2n) is 6.72. The maximum absolute atomic E-state index is 2.61. The van der Waals surface area contributed by atoms with Crippen LogP contribution in [0.15, 0.2) is 84.9 Å². The summed E-state index contributed by atoms with van der Waals surface area (Å²) in [6.07, 6.45) is 0. The summed E-state index contributed by atoms with van der Waals surface area (Å²) in [6, 6.07) is 31.2. The van der Waals surface area contributed by atoms with Crippen LogP contribution in [-0.2, 0) is 13.1 Å². The van der Waals surface area contributed by atoms with Crippen molar-refractivity contribution in [3.05, 3.63) is 107 Å². The Hall–Kier alpha value is -2.38. The Morgan fingerprint density at radius 3 is 2.17 bits per heavy atom. The van der Waals surface area contributed by atoms with E-state index in [0.717, 1.165) is 13.1 Å². The monoisotopic (exact) mass is 313 g/mol. The van der Waals surface area contributed by atoms with Crippen LogP contribution in [-0.4, -0.2) is 10.9 Å². The third kappa shape index (κ3) is 2.88. The number of nitrogens with zero attached hydrogens (tertiary/aromatic N) is 1. The lowest BCUT2D eigenvalue weighted by atomic mass is 9.79. The minimum atomic E-state index is 0.430. The molecule has 0 N–H and O–H groups in total. The van der Waals surface area contributed by atoms with Crippen LogP contribution in [0.2, 0.25) is 0 Å². The minimum absolute atomic E-state index is 0.430. The quantitative estimate of drug-likeness (QED) is 0.640. The largest absolute Gasteiger partial charge is 0.291 e. The van der Waals surface area contributed by atoms with E-state index >= 15 is 0 Å². The fourth-order valence-electron chi connectivity index (χ4n) is 3.95. The van der Waals surface area contributed by atoms with Gasteiger partial charge < -0.3 is 0 Å². The van der Waals surface area contributed by atoms with Crippen LogP contribution in [0.4, 0.5) is 0 Å². The highest BCUT2D eigenvalue weighted by Crippen LogP contribution is 2.38. The van der Waals surface area contributed by atoms with Crippen molar-refractivity contribution in [1.82, 2.24) is 4.90 Å². The van der Waals surface area contributed by atoms with E-state index in [-0.39, 0.29) is 0 Å². The summed E-state index contributed by atoms with van der Waals surface area (Å²) in [6.45, 7) is 4.39. The first kappa shape index (κ1) is 15.2. The molecule has 1 nitrogen and oxygen atoms in total. The summed E-state index contributed by atoms with van der Waals surface area (Å²) in [5.74, 6) is 0.430. The molecule has 0 aromatic heterocycles. The fourth-order valence-corrected chi connectivity index (χ4v) is 3.95. The zero-order valence-corrected chi connectivity index (χ0v) is 14.1. The average Bonchev–Trinajstić information content (AvgIpc) is 2.64. The third-order valence-corrected chi connectivity index (χ3v) is 5.21. The van der Waals surface area contributed by atoms with Crippen LogP contribution in [0.25, 0.3) is 0 Å². The molecule has 0 aliphatic carbocycles. The average molecular weight is 313 g/mol. The smallest absolute Gasteiger partial charge is 0.0246 e. The number of fused-ring (bicyclic) bond motifs is 1. The third-order valence-electron chi connectivity index (χ3n) is 5.21. The van der Waals surface area contributed by atoms with Crippen molar-refractivity contribution < 1.29 is 0 Å². The van der Waals surface area contributed by atoms with Gasteiger partial charge in [-0.05, 0) is 29.2 Å². The van der Waals surface area contributed by atoms with E-state index < -0.39 is 0 Å². The Balaban J connectivity index is 1.72. The minimum Gasteiger partial charge on any atom is -0.291 e. The molecule has 1 aliphatic rings. The molecule has 0 fully saturated rings. The molecule has 0 unspecified atom stereocenters. The lowest BCUT2D eigenvalue weighted by Crippen LogP contribution is -2.41. The zero-order valence-electron chi connectivity index (χ0n) is 14.1. The number of hydrogen-bond acceptors (Lipinski definition) is 1. The first-order valence-electron chi connectivity index (χ1n) is 8.73. The van der Waals surface area contributed by atoms with Crippen LogP contribution < -0.4 is 0 Å². The fraction of sp³-hybridized carbons (Fsp3) is 0.217. The van der Waals surface area contributed by atoms with Gasteiger partial charge in [0.15, 0.2) is 0 Å². The highest BCUT2D eigenvalue weighted by Gasteiger charge is 2.32. The van der Waals surface area contributed by atoms with Gasteiger partial charge in [0.1, 0.15) is 0 Å². The van der Waals surface area contributed by atoms with Crippen molar-refractivity contribution in [3.8, 4) is 0 Å². The van der Waals surface area contributed by atoms with E-state index in [1.54, 1.807) is 0 Å². The second kappa shape index (κ2) is 6.62. The van der Waals surface area contributed by atoms with Gasteiger partial charge in [0.25, 0.3) is 0 Å². The molecule has 0 bridgehead atoms. The molecule has 2 atom stereocenters. The molecule has 120 valence electrons. The molecule has 4 rings (SSSR count). The van der Waals surface area contributed by atoms with Gasteiger partial charge >= 0.3 is 0 Å². The summed E-state index contributed by atoms with van der Waals surface area (Å²) in [4.78, 5) is 2.61. The maximum atomic E-state index is 2.61. The van der Waals surface area contributed by atoms with E-state index in [4.69, 9.17) is 0 Å². The van der Waals surface area contributed by atoms with Crippen LogP contribution in [0.1, 0.15) is 35.1 Å². The summed E-state index contributed by atoms with van der Waals surface area (Å²) in [5, 5.41) is 0. The number of benzene rings is 3. The van der Waals surface area contributed by atoms with E-state index in [2.05, 4.69) is 96.8 Å². The Kier molecular flexibility index (Phi) is 4.18. The Morgan fingerprint density at radius 1 is 0.792 bits per heavy atom. The van der Waals surface area contributed by atoms with Gasteiger partial charge in [0, 0.05) is 25.0 Å². The molecule has 24 heavy (non-hydrogen) atoms. The van der Waals surface area contributed by atoms with Crippen molar-refractivity contribution in [2.24, 2.45) is 0 Å². The van der Waals surface area contributed by atoms with Gasteiger partial charge in [0.2, 0.25) is 0 Å². The van der Waals surface area contributed by atoms with E-state index in [1.165, 1.54) is 22.3 Å². The maximum Gasteiger partial charge on any atom is 0.0246 e. The van der Waals surface area contributed by atoms with Crippen LogP contribution >= 0.6 is 0 Å². The Bertz CT molecular complexity index is 795. The Labute approximate surface area is 144 Å². The molecule has 1 heteroatoms. The summed E-state index contributed by atoms with van der Waals surface area (Å²) in [5.41, 5.74) is 5.74. The van der Waals surface area contributed by atoms with Gasteiger partial charge in [-0.3, -0.25) is 4.90 Å². The molecule has 1 aliphatic heterocycles. The molecule has 0 radical (unpaired) electrons. The molecule has 1 heterocycles. The van der Waals surface area contributed by atoms with Crippen molar-refractivity contribution >= 4 is 0 Å². The molecular weight excluding hydrogens is 290 g/mol. The zero-order chi connectivity index (χ0) is 16.4. The highest BCUT2D eigenvalue weighted by atomic mass is 15.2. The standard InChI is InChI=1S/C23H23N/c1-18-23(20-12-6-3-7-13-20)22-15-9-8-14-21(22)17-24(18)16-19-10-4-2-5-11-19/h2-15,18,23H,16-17H2,1H3/t18-,23-/m0/s1. The van der Waals surface area contributed by atoms with Gasteiger partial charge in [-0.1, -0.05) is 84.9 Å². The normalized spacial score (nSPS) is 20.5. The van der Waals surface area contributed by atoms with Gasteiger partial charge in [-0.2, -0.15) is 0 Å². The van der Waals surface area contributed by atoms with Gasteiger partial charge in [-0.15, -0.1) is 0 Å². The molecule has 3 aromatic rings. The van der Waals surface area contributed by atoms with Crippen molar-refractivity contribution in [2.45, 2.75) is 32.0 Å². The van der Waals surface area contributed by atoms with Crippen molar-refractivity contribution in [2.75, 3.05) is 0 Å². The van der Waals surface area contributed by atoms with Crippen LogP contribution in [0.5, 0.6) is 0 Å². The van der Waals surface area contributed by atoms with E-state index in [9.17, 15) is 0 Å². The Morgan fingerprint density at radius 2 is 1.42 bits per heavy atom. The SMILES string of the molecule is C[C@H]1[C@@H](c2ccccc2)c2ccccc2CN1Cc1ccccc1. The first-order chi connectivity index (χ1) is 11.8. The summed E-state index contributed by atoms with van der Waals surface area (Å²) >= 11 is 0. The molecule has 0 saturated heterocycles. The molecule has 0 amide bonds. The number of hydrogen-bond donors (Lipinski definition) is 0. The molecular formula is C23H23N. The van der Waals surface area contributed by atoms with E-state index in [1.807, 2.05) is 0 Å². The topological polar surface area (TPSA) is 3.24 Å². The second-order valence-corrected chi connectivity index (χ2v) is 6.72. The van der Waals surface area contributed by atoms with Crippen molar-refractivity contribution in [3.63, 3.8) is 0 Å². The van der Waals surface area contributed by atoms with Crippen LogP contribution in [0.3, 0.4) is 0 Å². The highest BCUT2D eigenvalue weighted by molar-refractivity contribution is 5.41.